The van der Waals surface area contributed by atoms with Crippen LogP contribution in [-0.4, -0.2) is 51.8 Å². The predicted octanol–water partition coefficient (Wildman–Crippen LogP) is 1.34. The van der Waals surface area contributed by atoms with Gasteiger partial charge in [0.05, 0.1) is 18.7 Å². The monoisotopic (exact) mass is 322 g/mol. The van der Waals surface area contributed by atoms with E-state index in [2.05, 4.69) is 0 Å². The molecular formula is C16H22N2O5. The molecule has 1 aliphatic rings. The van der Waals surface area contributed by atoms with Gasteiger partial charge in [0.1, 0.15) is 12.3 Å². The van der Waals surface area contributed by atoms with E-state index in [1.807, 2.05) is 13.8 Å². The van der Waals surface area contributed by atoms with Crippen LogP contribution in [0.5, 0.6) is 0 Å². The molecule has 0 aliphatic carbocycles. The lowest BCUT2D eigenvalue weighted by Gasteiger charge is -2.29. The third-order valence-corrected chi connectivity index (χ3v) is 4.20. The highest BCUT2D eigenvalue weighted by Gasteiger charge is 2.38. The fourth-order valence-corrected chi connectivity index (χ4v) is 2.73. The first-order valence-electron chi connectivity index (χ1n) is 7.74. The third-order valence-electron chi connectivity index (χ3n) is 4.20. The number of hydrogen-bond donors (Lipinski definition) is 1. The molecule has 7 heteroatoms. The molecule has 1 aromatic heterocycles. The minimum atomic E-state index is -1.05. The molecule has 1 saturated heterocycles. The Morgan fingerprint density at radius 1 is 1.52 bits per heavy atom. The van der Waals surface area contributed by atoms with Crippen LogP contribution in [0.4, 0.5) is 0 Å². The van der Waals surface area contributed by atoms with Crippen molar-refractivity contribution in [1.29, 1.82) is 0 Å². The number of carbonyl (C=O) groups excluding carboxylic acids is 2. The number of carboxylic acid groups (broad SMARTS) is 1. The SMILES string of the molecule is CCC(C)N(CC(=O)O)C(=O)C1CC(=O)N(Cc2ccco2)C1. The molecule has 1 aliphatic heterocycles. The Balaban J connectivity index is 2.03. The zero-order chi connectivity index (χ0) is 17.0. The summed E-state index contributed by atoms with van der Waals surface area (Å²) in [7, 11) is 0. The van der Waals surface area contributed by atoms with Gasteiger partial charge in [-0.2, -0.15) is 0 Å². The van der Waals surface area contributed by atoms with E-state index in [-0.39, 0.29) is 30.8 Å². The summed E-state index contributed by atoms with van der Waals surface area (Å²) in [4.78, 5) is 38.7. The first kappa shape index (κ1) is 17.1. The number of carboxylic acids is 1. The van der Waals surface area contributed by atoms with Crippen LogP contribution in [0.15, 0.2) is 22.8 Å². The van der Waals surface area contributed by atoms with Crippen molar-refractivity contribution in [2.75, 3.05) is 13.1 Å². The van der Waals surface area contributed by atoms with Crippen molar-refractivity contribution in [3.05, 3.63) is 24.2 Å². The van der Waals surface area contributed by atoms with E-state index in [1.165, 1.54) is 11.2 Å². The summed E-state index contributed by atoms with van der Waals surface area (Å²) >= 11 is 0. The molecule has 0 spiro atoms. The largest absolute Gasteiger partial charge is 0.480 e. The van der Waals surface area contributed by atoms with Crippen molar-refractivity contribution in [2.45, 2.75) is 39.3 Å². The number of likely N-dealkylation sites (tertiary alicyclic amines) is 1. The van der Waals surface area contributed by atoms with Crippen LogP contribution < -0.4 is 0 Å². The zero-order valence-electron chi connectivity index (χ0n) is 13.4. The smallest absolute Gasteiger partial charge is 0.323 e. The van der Waals surface area contributed by atoms with Crippen molar-refractivity contribution >= 4 is 17.8 Å². The maximum absolute atomic E-state index is 12.6. The number of aliphatic carboxylic acids is 1. The van der Waals surface area contributed by atoms with Gasteiger partial charge in [-0.05, 0) is 25.5 Å². The van der Waals surface area contributed by atoms with Crippen LogP contribution in [0.3, 0.4) is 0 Å². The summed E-state index contributed by atoms with van der Waals surface area (Å²) < 4.78 is 5.23. The van der Waals surface area contributed by atoms with Crippen molar-refractivity contribution in [3.8, 4) is 0 Å². The van der Waals surface area contributed by atoms with Crippen molar-refractivity contribution in [2.24, 2.45) is 5.92 Å². The number of amides is 2. The topological polar surface area (TPSA) is 91.1 Å². The van der Waals surface area contributed by atoms with E-state index in [1.54, 1.807) is 17.0 Å². The second-order valence-electron chi connectivity index (χ2n) is 5.87. The number of furan rings is 1. The normalized spacial score (nSPS) is 19.0. The van der Waals surface area contributed by atoms with Gasteiger partial charge in [-0.1, -0.05) is 6.92 Å². The third kappa shape index (κ3) is 4.12. The number of rotatable bonds is 7. The van der Waals surface area contributed by atoms with Gasteiger partial charge in [-0.15, -0.1) is 0 Å². The lowest BCUT2D eigenvalue weighted by Crippen LogP contribution is -2.45. The highest BCUT2D eigenvalue weighted by molar-refractivity contribution is 5.90. The van der Waals surface area contributed by atoms with Gasteiger partial charge < -0.3 is 19.3 Å². The summed E-state index contributed by atoms with van der Waals surface area (Å²) in [5, 5.41) is 9.01. The van der Waals surface area contributed by atoms with Gasteiger partial charge >= 0.3 is 5.97 Å². The Morgan fingerprint density at radius 3 is 2.83 bits per heavy atom. The molecular weight excluding hydrogens is 300 g/mol. The standard InChI is InChI=1S/C16H22N2O5/c1-3-11(2)18(10-15(20)21)16(22)12-7-14(19)17(8-12)9-13-5-4-6-23-13/h4-6,11-12H,3,7-10H2,1-2H3,(H,20,21). The van der Waals surface area contributed by atoms with Crippen LogP contribution in [0.1, 0.15) is 32.4 Å². The minimum absolute atomic E-state index is 0.112. The fourth-order valence-electron chi connectivity index (χ4n) is 2.73. The molecule has 1 N–H and O–H groups in total. The Morgan fingerprint density at radius 2 is 2.26 bits per heavy atom. The summed E-state index contributed by atoms with van der Waals surface area (Å²) in [5.74, 6) is -1.26. The summed E-state index contributed by atoms with van der Waals surface area (Å²) in [6.07, 6.45) is 2.32. The van der Waals surface area contributed by atoms with E-state index < -0.39 is 11.9 Å². The summed E-state index contributed by atoms with van der Waals surface area (Å²) in [6, 6.07) is 3.35. The molecule has 2 unspecified atom stereocenters. The Kier molecular flexibility index (Phi) is 5.41. The van der Waals surface area contributed by atoms with Crippen LogP contribution in [0, 0.1) is 5.92 Å². The van der Waals surface area contributed by atoms with Gasteiger partial charge in [0.15, 0.2) is 0 Å². The Hall–Kier alpha value is -2.31. The quantitative estimate of drug-likeness (QED) is 0.818. The maximum Gasteiger partial charge on any atom is 0.323 e. The summed E-state index contributed by atoms with van der Waals surface area (Å²) in [5.41, 5.74) is 0. The molecule has 0 saturated carbocycles. The van der Waals surface area contributed by atoms with E-state index in [9.17, 15) is 14.4 Å². The minimum Gasteiger partial charge on any atom is -0.480 e. The molecule has 23 heavy (non-hydrogen) atoms. The van der Waals surface area contributed by atoms with E-state index >= 15 is 0 Å². The van der Waals surface area contributed by atoms with E-state index in [4.69, 9.17) is 9.52 Å². The second-order valence-corrected chi connectivity index (χ2v) is 5.87. The first-order valence-corrected chi connectivity index (χ1v) is 7.74. The van der Waals surface area contributed by atoms with Gasteiger partial charge in [0.2, 0.25) is 11.8 Å². The van der Waals surface area contributed by atoms with E-state index in [0.29, 0.717) is 25.3 Å². The maximum atomic E-state index is 12.6. The number of hydrogen-bond acceptors (Lipinski definition) is 4. The van der Waals surface area contributed by atoms with E-state index in [0.717, 1.165) is 0 Å². The molecule has 2 atom stereocenters. The molecule has 1 fully saturated rings. The molecule has 2 rings (SSSR count). The molecule has 0 radical (unpaired) electrons. The van der Waals surface area contributed by atoms with Gasteiger partial charge in [-0.25, -0.2) is 0 Å². The molecule has 1 aromatic rings. The van der Waals surface area contributed by atoms with Gasteiger partial charge in [0.25, 0.3) is 0 Å². The predicted molar refractivity (Wildman–Crippen MR) is 81.3 cm³/mol. The van der Waals surface area contributed by atoms with Crippen LogP contribution in [0.25, 0.3) is 0 Å². The Bertz CT molecular complexity index is 569. The molecule has 0 aromatic carbocycles. The van der Waals surface area contributed by atoms with Crippen molar-refractivity contribution in [3.63, 3.8) is 0 Å². The number of nitrogens with zero attached hydrogens (tertiary/aromatic N) is 2. The first-order chi connectivity index (χ1) is 10.9. The molecule has 0 bridgehead atoms. The van der Waals surface area contributed by atoms with Crippen LogP contribution in [-0.2, 0) is 20.9 Å². The highest BCUT2D eigenvalue weighted by Crippen LogP contribution is 2.23. The van der Waals surface area contributed by atoms with Crippen molar-refractivity contribution in [1.82, 2.24) is 9.80 Å². The second kappa shape index (κ2) is 7.30. The van der Waals surface area contributed by atoms with Crippen LogP contribution >= 0.6 is 0 Å². The van der Waals surface area contributed by atoms with Crippen molar-refractivity contribution < 1.29 is 23.9 Å². The highest BCUT2D eigenvalue weighted by atomic mass is 16.4. The average molecular weight is 322 g/mol. The average Bonchev–Trinajstić information content (AvgIpc) is 3.14. The number of carbonyl (C=O) groups is 3. The molecule has 2 heterocycles. The Labute approximate surface area is 134 Å². The molecule has 126 valence electrons. The lowest BCUT2D eigenvalue weighted by atomic mass is 10.1. The van der Waals surface area contributed by atoms with Gasteiger partial charge in [0, 0.05) is 19.0 Å². The lowest BCUT2D eigenvalue weighted by molar-refractivity contribution is -0.148. The fraction of sp³-hybridized carbons (Fsp3) is 0.562. The zero-order valence-corrected chi connectivity index (χ0v) is 13.4. The van der Waals surface area contributed by atoms with Gasteiger partial charge in [-0.3, -0.25) is 14.4 Å². The molecule has 7 nitrogen and oxygen atoms in total. The van der Waals surface area contributed by atoms with Crippen LogP contribution in [0.2, 0.25) is 0 Å². The summed E-state index contributed by atoms with van der Waals surface area (Å²) in [6.45, 7) is 4.01. The molecule has 2 amide bonds.